The molecular formula is C12H12BF4KO. The molecule has 1 nitrogen and oxygen atoms in total. The number of hydrogen-bond donors (Lipinski definition) is 0. The normalized spacial score (nSPS) is 31.8. The van der Waals surface area contributed by atoms with Crippen LogP contribution < -0.4 is 56.1 Å². The summed E-state index contributed by atoms with van der Waals surface area (Å²) in [5.74, 6) is 0.0569. The molecule has 0 amide bonds. The molecule has 98 valence electrons. The Morgan fingerprint density at radius 3 is 2.21 bits per heavy atom. The van der Waals surface area contributed by atoms with Crippen LogP contribution in [0.4, 0.5) is 17.3 Å². The minimum atomic E-state index is -4.79. The van der Waals surface area contributed by atoms with E-state index in [9.17, 15) is 17.3 Å². The third-order valence-electron chi connectivity index (χ3n) is 4.50. The van der Waals surface area contributed by atoms with Gasteiger partial charge in [0.05, 0.1) is 7.11 Å². The molecule has 0 N–H and O–H groups in total. The molecule has 3 fully saturated rings. The molecule has 0 spiro atoms. The van der Waals surface area contributed by atoms with Crippen molar-refractivity contribution >= 4 is 6.98 Å². The molecule has 0 aliphatic heterocycles. The Morgan fingerprint density at radius 1 is 1.16 bits per heavy atom. The fourth-order valence-electron chi connectivity index (χ4n) is 3.59. The maximum absolute atomic E-state index is 13.2. The first kappa shape index (κ1) is 15.8. The minimum Gasteiger partial charge on any atom is -0.496 e. The van der Waals surface area contributed by atoms with Crippen LogP contribution in [-0.4, -0.2) is 14.1 Å². The first-order chi connectivity index (χ1) is 8.32. The third-order valence-corrected chi connectivity index (χ3v) is 4.50. The zero-order chi connectivity index (χ0) is 13.2. The average Bonchev–Trinajstić information content (AvgIpc) is 2.11. The van der Waals surface area contributed by atoms with E-state index in [1.807, 2.05) is 0 Å². The molecule has 7 heteroatoms. The van der Waals surface area contributed by atoms with Gasteiger partial charge < -0.3 is 17.7 Å². The van der Waals surface area contributed by atoms with Crippen LogP contribution >= 0.6 is 0 Å². The first-order valence-corrected chi connectivity index (χ1v) is 5.85. The summed E-state index contributed by atoms with van der Waals surface area (Å²) in [4.78, 5) is 0. The van der Waals surface area contributed by atoms with E-state index in [4.69, 9.17) is 4.74 Å². The molecule has 1 aromatic rings. The van der Waals surface area contributed by atoms with Crippen molar-refractivity contribution in [3.63, 3.8) is 0 Å². The summed E-state index contributed by atoms with van der Waals surface area (Å²) < 4.78 is 56.9. The van der Waals surface area contributed by atoms with E-state index >= 15 is 0 Å². The van der Waals surface area contributed by atoms with Crippen LogP contribution in [0.25, 0.3) is 0 Å². The van der Waals surface area contributed by atoms with Crippen molar-refractivity contribution in [2.24, 2.45) is 0 Å². The summed E-state index contributed by atoms with van der Waals surface area (Å²) in [5, 5.41) is -1.46. The molecule has 0 saturated heterocycles. The predicted molar refractivity (Wildman–Crippen MR) is 60.3 cm³/mol. The van der Waals surface area contributed by atoms with Gasteiger partial charge in [-0.25, -0.2) is 4.39 Å². The van der Waals surface area contributed by atoms with Crippen LogP contribution in [0.2, 0.25) is 5.31 Å². The second kappa shape index (κ2) is 4.73. The van der Waals surface area contributed by atoms with Gasteiger partial charge in [0.2, 0.25) is 0 Å². The van der Waals surface area contributed by atoms with Gasteiger partial charge in [-0.1, -0.05) is 24.6 Å². The van der Waals surface area contributed by atoms with Crippen molar-refractivity contribution in [1.29, 1.82) is 0 Å². The number of ether oxygens (including phenoxy) is 1. The molecule has 0 unspecified atom stereocenters. The Morgan fingerprint density at radius 2 is 1.74 bits per heavy atom. The minimum absolute atomic E-state index is 0. The molecule has 3 aliphatic carbocycles. The average molecular weight is 298 g/mol. The van der Waals surface area contributed by atoms with Gasteiger partial charge in [-0.3, -0.25) is 0 Å². The maximum Gasteiger partial charge on any atom is 1.00 e. The van der Waals surface area contributed by atoms with Crippen LogP contribution in [-0.2, 0) is 5.41 Å². The summed E-state index contributed by atoms with van der Waals surface area (Å²) >= 11 is 0. The molecule has 3 saturated carbocycles. The Balaban J connectivity index is 0.00000133. The van der Waals surface area contributed by atoms with Crippen LogP contribution in [0.15, 0.2) is 18.2 Å². The Kier molecular flexibility index (Phi) is 3.94. The molecular weight excluding hydrogens is 286 g/mol. The summed E-state index contributed by atoms with van der Waals surface area (Å²) in [6.07, 6.45) is 0.260. The Hall–Kier alpha value is 0.441. The number of hydrogen-bond acceptors (Lipinski definition) is 1. The van der Waals surface area contributed by atoms with Gasteiger partial charge in [-0.2, -0.15) is 0 Å². The molecule has 2 bridgehead atoms. The first-order valence-electron chi connectivity index (χ1n) is 5.85. The van der Waals surface area contributed by atoms with E-state index in [2.05, 4.69) is 0 Å². The van der Waals surface area contributed by atoms with Crippen LogP contribution in [0.3, 0.4) is 0 Å². The molecule has 4 rings (SSSR count). The van der Waals surface area contributed by atoms with Crippen molar-refractivity contribution in [2.45, 2.75) is 30.0 Å². The predicted octanol–water partition coefficient (Wildman–Crippen LogP) is 0.861. The Bertz CT molecular complexity index is 497. The van der Waals surface area contributed by atoms with E-state index in [1.54, 1.807) is 0 Å². The van der Waals surface area contributed by atoms with Crippen molar-refractivity contribution in [3.05, 3.63) is 29.6 Å². The number of methoxy groups -OCH3 is 1. The standard InChI is InChI=1S/C12H12BF4O.K/c1-18-10-3-2-8(14)4-9(10)11-5-12(6-11,7-11)13(15,16)17;/h2-4H,5-7H2,1H3;/q-1;+1. The number of rotatable bonds is 3. The van der Waals surface area contributed by atoms with E-state index in [0.29, 0.717) is 11.3 Å². The van der Waals surface area contributed by atoms with Crippen molar-refractivity contribution < 1.29 is 73.5 Å². The largest absolute Gasteiger partial charge is 1.00 e. The number of benzene rings is 1. The fraction of sp³-hybridized carbons (Fsp3) is 0.500. The second-order valence-corrected chi connectivity index (χ2v) is 5.59. The van der Waals surface area contributed by atoms with Gasteiger partial charge in [0, 0.05) is 5.56 Å². The third kappa shape index (κ3) is 2.12. The summed E-state index contributed by atoms with van der Waals surface area (Å²) in [5.41, 5.74) is 0.0805. The van der Waals surface area contributed by atoms with E-state index in [1.165, 1.54) is 25.3 Å². The molecule has 0 radical (unpaired) electrons. The van der Waals surface area contributed by atoms with E-state index in [-0.39, 0.29) is 70.6 Å². The molecule has 1 aromatic carbocycles. The molecule has 0 heterocycles. The van der Waals surface area contributed by atoms with Crippen molar-refractivity contribution in [2.75, 3.05) is 7.11 Å². The van der Waals surface area contributed by atoms with E-state index < -0.39 is 23.5 Å². The summed E-state index contributed by atoms with van der Waals surface area (Å²) in [6, 6.07) is 4.05. The topological polar surface area (TPSA) is 9.23 Å². The van der Waals surface area contributed by atoms with Crippen LogP contribution in [0.5, 0.6) is 5.75 Å². The molecule has 3 aliphatic rings. The van der Waals surface area contributed by atoms with Gasteiger partial charge in [0.15, 0.2) is 0 Å². The van der Waals surface area contributed by atoms with Gasteiger partial charge >= 0.3 is 58.4 Å². The van der Waals surface area contributed by atoms with Crippen LogP contribution in [0.1, 0.15) is 24.8 Å². The molecule has 0 aromatic heterocycles. The van der Waals surface area contributed by atoms with Gasteiger partial charge in [0.1, 0.15) is 11.6 Å². The summed E-state index contributed by atoms with van der Waals surface area (Å²) in [6.45, 7) is -4.79. The van der Waals surface area contributed by atoms with Gasteiger partial charge in [-0.15, -0.1) is 0 Å². The van der Waals surface area contributed by atoms with Crippen molar-refractivity contribution in [1.82, 2.24) is 0 Å². The Labute approximate surface area is 151 Å². The zero-order valence-corrected chi connectivity index (χ0v) is 14.0. The smallest absolute Gasteiger partial charge is 0.496 e. The zero-order valence-electron chi connectivity index (χ0n) is 10.9. The van der Waals surface area contributed by atoms with Gasteiger partial charge in [0.25, 0.3) is 0 Å². The van der Waals surface area contributed by atoms with Gasteiger partial charge in [-0.05, 0) is 23.6 Å². The second-order valence-electron chi connectivity index (χ2n) is 5.59. The quantitative estimate of drug-likeness (QED) is 0.594. The van der Waals surface area contributed by atoms with Crippen LogP contribution in [0, 0.1) is 5.82 Å². The molecule has 19 heavy (non-hydrogen) atoms. The summed E-state index contributed by atoms with van der Waals surface area (Å²) in [7, 11) is 1.45. The monoisotopic (exact) mass is 298 g/mol. The molecule has 0 atom stereocenters. The maximum atomic E-state index is 13.2. The van der Waals surface area contributed by atoms with E-state index in [0.717, 1.165) is 0 Å². The fourth-order valence-corrected chi connectivity index (χ4v) is 3.59. The number of halogens is 4. The van der Waals surface area contributed by atoms with Crippen molar-refractivity contribution in [3.8, 4) is 5.75 Å². The SMILES string of the molecule is COc1ccc(F)cc1C12CC([B-](F)(F)F)(C1)C2.[K+].